The van der Waals surface area contributed by atoms with Gasteiger partial charge in [-0.05, 0) is 26.1 Å². The van der Waals surface area contributed by atoms with E-state index in [-0.39, 0.29) is 0 Å². The van der Waals surface area contributed by atoms with E-state index in [0.29, 0.717) is 0 Å². The van der Waals surface area contributed by atoms with Gasteiger partial charge in [0, 0.05) is 25.3 Å². The molecule has 0 saturated carbocycles. The Balaban J connectivity index is 2.61. The van der Waals surface area contributed by atoms with Crippen LogP contribution in [-0.4, -0.2) is 44.8 Å². The van der Waals surface area contributed by atoms with Crippen LogP contribution < -0.4 is 5.32 Å². The second-order valence-corrected chi connectivity index (χ2v) is 3.94. The summed E-state index contributed by atoms with van der Waals surface area (Å²) in [4.78, 5) is 2.31. The molecule has 0 aromatic heterocycles. The lowest BCUT2D eigenvalue weighted by molar-refractivity contribution is 0.0554. The first-order valence-corrected chi connectivity index (χ1v) is 5.75. The maximum Gasteiger partial charge on any atom is 0.0642 e. The monoisotopic (exact) mass is 222 g/mol. The number of morpholine rings is 1. The third-order valence-electron chi connectivity index (χ3n) is 2.58. The first-order valence-electron chi connectivity index (χ1n) is 5.75. The Labute approximate surface area is 98.5 Å². The summed E-state index contributed by atoms with van der Waals surface area (Å²) in [6.07, 6.45) is 6.18. The van der Waals surface area contributed by atoms with E-state index in [1.807, 2.05) is 13.1 Å². The van der Waals surface area contributed by atoms with E-state index in [2.05, 4.69) is 35.9 Å². The Hall–Kier alpha value is -1.06. The molecule has 1 heterocycles. The molecule has 16 heavy (non-hydrogen) atoms. The fraction of sp³-hybridized carbons (Fsp3) is 0.538. The molecule has 3 nitrogen and oxygen atoms in total. The SMILES string of the molecule is C=C/C(=C\C=C(/C)CNC)N1CCOCC1. The standard InChI is InChI=1S/C13H22N2O/c1-4-13(6-5-12(2)11-14-3)15-7-9-16-10-8-15/h4-6,14H,1,7-11H2,2-3H3/b12-5+,13-6+. The minimum absolute atomic E-state index is 0.810. The van der Waals surface area contributed by atoms with Crippen LogP contribution in [0.1, 0.15) is 6.92 Å². The first-order chi connectivity index (χ1) is 7.77. The number of hydrogen-bond acceptors (Lipinski definition) is 3. The number of ether oxygens (including phenoxy) is 1. The molecule has 0 unspecified atom stereocenters. The molecule has 0 amide bonds. The molecule has 0 aliphatic carbocycles. The zero-order valence-corrected chi connectivity index (χ0v) is 10.3. The van der Waals surface area contributed by atoms with E-state index in [0.717, 1.165) is 32.8 Å². The van der Waals surface area contributed by atoms with E-state index >= 15 is 0 Å². The van der Waals surface area contributed by atoms with Crippen LogP contribution in [0.15, 0.2) is 36.1 Å². The highest BCUT2D eigenvalue weighted by atomic mass is 16.5. The van der Waals surface area contributed by atoms with Gasteiger partial charge in [-0.25, -0.2) is 0 Å². The molecular formula is C13H22N2O. The van der Waals surface area contributed by atoms with Crippen molar-refractivity contribution in [1.82, 2.24) is 10.2 Å². The van der Waals surface area contributed by atoms with Crippen molar-refractivity contribution in [3.63, 3.8) is 0 Å². The summed E-state index contributed by atoms with van der Waals surface area (Å²) < 4.78 is 5.33. The molecule has 0 atom stereocenters. The topological polar surface area (TPSA) is 24.5 Å². The number of nitrogens with one attached hydrogen (secondary N) is 1. The van der Waals surface area contributed by atoms with Gasteiger partial charge in [-0.2, -0.15) is 0 Å². The van der Waals surface area contributed by atoms with Crippen molar-refractivity contribution in [3.05, 3.63) is 36.1 Å². The Kier molecular flexibility index (Phi) is 5.90. The predicted octanol–water partition coefficient (Wildman–Crippen LogP) is 1.55. The van der Waals surface area contributed by atoms with Gasteiger partial charge in [-0.3, -0.25) is 0 Å². The van der Waals surface area contributed by atoms with Crippen molar-refractivity contribution in [1.29, 1.82) is 0 Å². The minimum Gasteiger partial charge on any atom is -0.378 e. The second-order valence-electron chi connectivity index (χ2n) is 3.94. The lowest BCUT2D eigenvalue weighted by Gasteiger charge is -2.29. The van der Waals surface area contributed by atoms with Crippen molar-refractivity contribution in [2.45, 2.75) is 6.92 Å². The first kappa shape index (κ1) is 13.0. The molecule has 90 valence electrons. The molecule has 1 aliphatic heterocycles. The lowest BCUT2D eigenvalue weighted by Crippen LogP contribution is -2.35. The number of rotatable bonds is 5. The van der Waals surface area contributed by atoms with Gasteiger partial charge in [-0.15, -0.1) is 0 Å². The van der Waals surface area contributed by atoms with Gasteiger partial charge >= 0.3 is 0 Å². The summed E-state index contributed by atoms with van der Waals surface area (Å²) in [5.41, 5.74) is 2.49. The zero-order valence-electron chi connectivity index (χ0n) is 10.3. The molecule has 0 bridgehead atoms. The number of hydrogen-bond donors (Lipinski definition) is 1. The Morgan fingerprint density at radius 3 is 2.62 bits per heavy atom. The Morgan fingerprint density at radius 2 is 2.06 bits per heavy atom. The molecule has 1 rings (SSSR count). The molecule has 0 spiro atoms. The third kappa shape index (κ3) is 4.21. The highest BCUT2D eigenvalue weighted by Crippen LogP contribution is 2.09. The van der Waals surface area contributed by atoms with Crippen molar-refractivity contribution < 1.29 is 4.74 Å². The average molecular weight is 222 g/mol. The fourth-order valence-corrected chi connectivity index (χ4v) is 1.69. The molecule has 0 radical (unpaired) electrons. The summed E-state index contributed by atoms with van der Waals surface area (Å²) in [7, 11) is 1.96. The van der Waals surface area contributed by atoms with E-state index in [1.165, 1.54) is 11.3 Å². The summed E-state index contributed by atoms with van der Waals surface area (Å²) in [5, 5.41) is 3.13. The maximum absolute atomic E-state index is 5.33. The van der Waals surface area contributed by atoms with E-state index in [1.54, 1.807) is 0 Å². The van der Waals surface area contributed by atoms with Gasteiger partial charge in [0.25, 0.3) is 0 Å². The fourth-order valence-electron chi connectivity index (χ4n) is 1.69. The van der Waals surface area contributed by atoms with Crippen molar-refractivity contribution in [3.8, 4) is 0 Å². The normalized spacial score (nSPS) is 18.8. The average Bonchev–Trinajstić information content (AvgIpc) is 2.31. The lowest BCUT2D eigenvalue weighted by atomic mass is 10.2. The van der Waals surface area contributed by atoms with Crippen LogP contribution in [0.2, 0.25) is 0 Å². The Bertz CT molecular complexity index is 276. The number of allylic oxidation sites excluding steroid dienone is 3. The number of likely N-dealkylation sites (N-methyl/N-ethyl adjacent to an activating group) is 1. The van der Waals surface area contributed by atoms with Crippen LogP contribution in [0.3, 0.4) is 0 Å². The van der Waals surface area contributed by atoms with Crippen LogP contribution >= 0.6 is 0 Å². The number of nitrogens with zero attached hydrogens (tertiary/aromatic N) is 1. The Morgan fingerprint density at radius 1 is 1.38 bits per heavy atom. The molecule has 0 aromatic rings. The van der Waals surface area contributed by atoms with E-state index in [9.17, 15) is 0 Å². The van der Waals surface area contributed by atoms with Gasteiger partial charge in [-0.1, -0.05) is 18.2 Å². The quantitative estimate of drug-likeness (QED) is 0.714. The van der Waals surface area contributed by atoms with Crippen molar-refractivity contribution in [2.75, 3.05) is 39.9 Å². The summed E-state index contributed by atoms with van der Waals surface area (Å²) in [6, 6.07) is 0. The smallest absolute Gasteiger partial charge is 0.0642 e. The largest absolute Gasteiger partial charge is 0.378 e. The second kappa shape index (κ2) is 7.25. The van der Waals surface area contributed by atoms with Gasteiger partial charge < -0.3 is 15.0 Å². The third-order valence-corrected chi connectivity index (χ3v) is 2.58. The van der Waals surface area contributed by atoms with E-state index < -0.39 is 0 Å². The summed E-state index contributed by atoms with van der Waals surface area (Å²) in [5.74, 6) is 0. The molecule has 3 heteroatoms. The van der Waals surface area contributed by atoms with Crippen LogP contribution in [0.25, 0.3) is 0 Å². The zero-order chi connectivity index (χ0) is 11.8. The molecule has 0 aromatic carbocycles. The van der Waals surface area contributed by atoms with Gasteiger partial charge in [0.1, 0.15) is 0 Å². The van der Waals surface area contributed by atoms with Crippen molar-refractivity contribution >= 4 is 0 Å². The van der Waals surface area contributed by atoms with Gasteiger partial charge in [0.2, 0.25) is 0 Å². The van der Waals surface area contributed by atoms with Crippen molar-refractivity contribution in [2.24, 2.45) is 0 Å². The summed E-state index contributed by atoms with van der Waals surface area (Å²) >= 11 is 0. The van der Waals surface area contributed by atoms with Gasteiger partial charge in [0.15, 0.2) is 0 Å². The molecule has 1 N–H and O–H groups in total. The van der Waals surface area contributed by atoms with Crippen LogP contribution in [-0.2, 0) is 4.74 Å². The maximum atomic E-state index is 5.33. The predicted molar refractivity (Wildman–Crippen MR) is 68.4 cm³/mol. The highest BCUT2D eigenvalue weighted by molar-refractivity contribution is 5.24. The van der Waals surface area contributed by atoms with Crippen LogP contribution in [0, 0.1) is 0 Å². The minimum atomic E-state index is 0.810. The molecular weight excluding hydrogens is 200 g/mol. The molecule has 1 fully saturated rings. The highest BCUT2D eigenvalue weighted by Gasteiger charge is 2.10. The molecule has 1 aliphatic rings. The van der Waals surface area contributed by atoms with E-state index in [4.69, 9.17) is 4.74 Å². The van der Waals surface area contributed by atoms with Crippen LogP contribution in [0.4, 0.5) is 0 Å². The van der Waals surface area contributed by atoms with Gasteiger partial charge in [0.05, 0.1) is 13.2 Å². The molecule has 1 saturated heterocycles. The summed E-state index contributed by atoms with van der Waals surface area (Å²) in [6.45, 7) is 10.4. The van der Waals surface area contributed by atoms with Crippen LogP contribution in [0.5, 0.6) is 0 Å².